The number of aromatic hydroxyl groups is 1. The molecule has 5 rings (SSSR count). The second kappa shape index (κ2) is 5.67. The average Bonchev–Trinajstić information content (AvgIpc) is 2.68. The number of phenols is 1. The van der Waals surface area contributed by atoms with Crippen molar-refractivity contribution in [3.8, 4) is 5.75 Å². The molecule has 0 heterocycles. The van der Waals surface area contributed by atoms with Crippen molar-refractivity contribution in [2.75, 3.05) is 0 Å². The molecule has 0 aromatic heterocycles. The highest BCUT2D eigenvalue weighted by atomic mass is 16.6. The van der Waals surface area contributed by atoms with Gasteiger partial charge in [-0.2, -0.15) is 0 Å². The van der Waals surface area contributed by atoms with Crippen LogP contribution in [0.25, 0.3) is 43.1 Å². The molecule has 0 aliphatic rings. The summed E-state index contributed by atoms with van der Waals surface area (Å²) in [4.78, 5) is 11.3. The minimum atomic E-state index is -0.398. The van der Waals surface area contributed by atoms with E-state index in [0.717, 1.165) is 27.1 Å². The first kappa shape index (κ1) is 16.5. The molecule has 0 bridgehead atoms. The first-order valence-electron chi connectivity index (χ1n) is 9.12. The molecule has 0 atom stereocenters. The lowest BCUT2D eigenvalue weighted by Crippen LogP contribution is -1.96. The molecule has 0 spiro atoms. The zero-order valence-corrected chi connectivity index (χ0v) is 15.5. The SMILES string of the molecule is Cc1c(O)cc2c(c(C)cc3c2ccc2c4ccccc4ccc23)c1[N+](=O)[O-]. The van der Waals surface area contributed by atoms with Gasteiger partial charge in [0.1, 0.15) is 5.75 Å². The van der Waals surface area contributed by atoms with Gasteiger partial charge in [-0.15, -0.1) is 0 Å². The smallest absolute Gasteiger partial charge is 0.284 e. The third-order valence-electron chi connectivity index (χ3n) is 5.72. The topological polar surface area (TPSA) is 63.4 Å². The van der Waals surface area contributed by atoms with E-state index in [1.54, 1.807) is 13.0 Å². The van der Waals surface area contributed by atoms with Crippen molar-refractivity contribution in [1.82, 2.24) is 0 Å². The van der Waals surface area contributed by atoms with Gasteiger partial charge >= 0.3 is 0 Å². The van der Waals surface area contributed by atoms with Crippen molar-refractivity contribution < 1.29 is 10.0 Å². The molecule has 0 aliphatic carbocycles. The number of nitro groups is 1. The molecule has 0 aliphatic heterocycles. The normalized spacial score (nSPS) is 11.6. The highest BCUT2D eigenvalue weighted by Crippen LogP contribution is 2.42. The molecule has 28 heavy (non-hydrogen) atoms. The number of fused-ring (bicyclic) bond motifs is 7. The lowest BCUT2D eigenvalue weighted by atomic mass is 9.90. The molecule has 5 aromatic carbocycles. The van der Waals surface area contributed by atoms with Crippen molar-refractivity contribution in [2.24, 2.45) is 0 Å². The van der Waals surface area contributed by atoms with Crippen molar-refractivity contribution in [1.29, 1.82) is 0 Å². The lowest BCUT2D eigenvalue weighted by Gasteiger charge is -2.13. The monoisotopic (exact) mass is 367 g/mol. The van der Waals surface area contributed by atoms with Gasteiger partial charge in [-0.1, -0.05) is 48.5 Å². The van der Waals surface area contributed by atoms with Gasteiger partial charge < -0.3 is 5.11 Å². The van der Waals surface area contributed by atoms with Crippen molar-refractivity contribution in [3.05, 3.63) is 81.9 Å². The zero-order valence-electron chi connectivity index (χ0n) is 15.5. The number of hydrogen-bond acceptors (Lipinski definition) is 3. The largest absolute Gasteiger partial charge is 0.507 e. The molecule has 0 radical (unpaired) electrons. The average molecular weight is 367 g/mol. The van der Waals surface area contributed by atoms with Crippen LogP contribution >= 0.6 is 0 Å². The molecule has 4 nitrogen and oxygen atoms in total. The number of phenolic OH excluding ortho intramolecular Hbond substituents is 1. The van der Waals surface area contributed by atoms with Crippen molar-refractivity contribution >= 4 is 48.8 Å². The highest BCUT2D eigenvalue weighted by molar-refractivity contribution is 6.23. The third-order valence-corrected chi connectivity index (χ3v) is 5.72. The van der Waals surface area contributed by atoms with Gasteiger partial charge in [0.05, 0.1) is 15.9 Å². The lowest BCUT2D eigenvalue weighted by molar-refractivity contribution is -0.383. The summed E-state index contributed by atoms with van der Waals surface area (Å²) in [6, 6.07) is 20.2. The Labute approximate surface area is 160 Å². The Morgan fingerprint density at radius 2 is 1.43 bits per heavy atom. The predicted molar refractivity (Wildman–Crippen MR) is 114 cm³/mol. The summed E-state index contributed by atoms with van der Waals surface area (Å²) in [5, 5.41) is 29.9. The van der Waals surface area contributed by atoms with E-state index in [9.17, 15) is 15.2 Å². The predicted octanol–water partition coefficient (Wildman–Crippen LogP) is 6.53. The van der Waals surface area contributed by atoms with Crippen LogP contribution in [-0.4, -0.2) is 10.0 Å². The molecule has 0 fully saturated rings. The third kappa shape index (κ3) is 2.12. The van der Waals surface area contributed by atoms with Gasteiger partial charge in [0.25, 0.3) is 5.69 Å². The molecule has 136 valence electrons. The Bertz CT molecular complexity index is 1470. The number of nitro benzene ring substituents is 1. The Balaban J connectivity index is 2.03. The van der Waals surface area contributed by atoms with Crippen LogP contribution in [-0.2, 0) is 0 Å². The number of aryl methyl sites for hydroxylation is 1. The number of rotatable bonds is 1. The summed E-state index contributed by atoms with van der Waals surface area (Å²) in [6.07, 6.45) is 0. The molecule has 5 aromatic rings. The standard InChI is InChI=1S/C24H17NO3/c1-13-11-20-18-8-7-15-5-3-4-6-16(15)17(18)9-10-19(20)21-12-22(26)14(2)24(23(13)21)25(27)28/h3-12,26H,1-2H3. The van der Waals surface area contributed by atoms with Crippen molar-refractivity contribution in [3.63, 3.8) is 0 Å². The zero-order chi connectivity index (χ0) is 19.6. The molecule has 1 N–H and O–H groups in total. The van der Waals surface area contributed by atoms with Crippen LogP contribution in [0.4, 0.5) is 5.69 Å². The minimum Gasteiger partial charge on any atom is -0.507 e. The van der Waals surface area contributed by atoms with E-state index >= 15 is 0 Å². The molecule has 0 saturated heterocycles. The van der Waals surface area contributed by atoms with E-state index in [4.69, 9.17) is 0 Å². The molecular formula is C24H17NO3. The van der Waals surface area contributed by atoms with Crippen LogP contribution in [0.15, 0.2) is 60.7 Å². The van der Waals surface area contributed by atoms with Crippen molar-refractivity contribution in [2.45, 2.75) is 13.8 Å². The Morgan fingerprint density at radius 1 is 0.786 bits per heavy atom. The van der Waals surface area contributed by atoms with Gasteiger partial charge in [-0.05, 0) is 63.9 Å². The van der Waals surface area contributed by atoms with Crippen LogP contribution in [0.2, 0.25) is 0 Å². The van der Waals surface area contributed by atoms with Gasteiger partial charge in [-0.25, -0.2) is 0 Å². The van der Waals surface area contributed by atoms with E-state index in [0.29, 0.717) is 16.3 Å². The van der Waals surface area contributed by atoms with Crippen LogP contribution in [0.1, 0.15) is 11.1 Å². The first-order valence-corrected chi connectivity index (χ1v) is 9.12. The second-order valence-electron chi connectivity index (χ2n) is 7.28. The molecule has 0 amide bonds. The van der Waals surface area contributed by atoms with Gasteiger partial charge in [0.2, 0.25) is 0 Å². The molecular weight excluding hydrogens is 350 g/mol. The summed E-state index contributed by atoms with van der Waals surface area (Å²) in [5.41, 5.74) is 1.11. The van der Waals surface area contributed by atoms with Crippen LogP contribution in [0, 0.1) is 24.0 Å². The Morgan fingerprint density at radius 3 is 2.18 bits per heavy atom. The highest BCUT2D eigenvalue weighted by Gasteiger charge is 2.23. The van der Waals surface area contributed by atoms with E-state index in [1.165, 1.54) is 10.8 Å². The summed E-state index contributed by atoms with van der Waals surface area (Å²) in [7, 11) is 0. The summed E-state index contributed by atoms with van der Waals surface area (Å²) < 4.78 is 0. The fourth-order valence-electron chi connectivity index (χ4n) is 4.38. The molecule has 0 saturated carbocycles. The number of benzene rings is 5. The van der Waals surface area contributed by atoms with Gasteiger partial charge in [0, 0.05) is 5.39 Å². The first-order chi connectivity index (χ1) is 13.5. The quantitative estimate of drug-likeness (QED) is 0.208. The molecule has 0 unspecified atom stereocenters. The van der Waals surface area contributed by atoms with Gasteiger partial charge in [0.15, 0.2) is 0 Å². The minimum absolute atomic E-state index is 0.0204. The molecule has 4 heteroatoms. The van der Waals surface area contributed by atoms with Gasteiger partial charge in [-0.3, -0.25) is 10.1 Å². The van der Waals surface area contributed by atoms with E-state index < -0.39 is 4.92 Å². The fourth-order valence-corrected chi connectivity index (χ4v) is 4.38. The Hall–Kier alpha value is -3.66. The maximum absolute atomic E-state index is 11.7. The summed E-state index contributed by atoms with van der Waals surface area (Å²) in [6.45, 7) is 3.48. The van der Waals surface area contributed by atoms with E-state index in [2.05, 4.69) is 30.3 Å². The van der Waals surface area contributed by atoms with E-state index in [-0.39, 0.29) is 11.4 Å². The summed E-state index contributed by atoms with van der Waals surface area (Å²) >= 11 is 0. The maximum atomic E-state index is 11.7. The maximum Gasteiger partial charge on any atom is 0.284 e. The van der Waals surface area contributed by atoms with Crippen LogP contribution in [0.3, 0.4) is 0 Å². The summed E-state index contributed by atoms with van der Waals surface area (Å²) in [5.74, 6) is -0.0512. The van der Waals surface area contributed by atoms with E-state index in [1.807, 2.05) is 31.2 Å². The fraction of sp³-hybridized carbons (Fsp3) is 0.0833. The van der Waals surface area contributed by atoms with Crippen LogP contribution < -0.4 is 0 Å². The Kier molecular flexibility index (Phi) is 3.34. The van der Waals surface area contributed by atoms with Crippen LogP contribution in [0.5, 0.6) is 5.75 Å². The second-order valence-corrected chi connectivity index (χ2v) is 7.28. The number of hydrogen-bond donors (Lipinski definition) is 1. The number of nitrogens with zero attached hydrogens (tertiary/aromatic N) is 1.